The minimum absolute atomic E-state index is 0.0166. The van der Waals surface area contributed by atoms with Crippen molar-refractivity contribution in [2.24, 2.45) is 0 Å². The second kappa shape index (κ2) is 5.15. The molecule has 1 fully saturated rings. The Labute approximate surface area is 102 Å². The molecule has 1 aromatic carbocycles. The van der Waals surface area contributed by atoms with Crippen molar-refractivity contribution in [1.29, 1.82) is 0 Å². The lowest BCUT2D eigenvalue weighted by molar-refractivity contribution is -0.151. The minimum atomic E-state index is -0.0166. The second-order valence-electron chi connectivity index (χ2n) is 4.27. The maximum atomic E-state index is 11.4. The van der Waals surface area contributed by atoms with Crippen molar-refractivity contribution in [3.63, 3.8) is 0 Å². The standard InChI is InChI=1S/C14H17NO2/c1-3-14(16)15-9-13(11(15)2)17-10-12-7-5-4-6-8-12/h3-8,11,13H,1,9-10H2,2H3/t11-,13+/m1/s1. The number of rotatable bonds is 4. The molecule has 1 aromatic rings. The number of hydrogen-bond acceptors (Lipinski definition) is 2. The van der Waals surface area contributed by atoms with E-state index in [1.54, 1.807) is 4.90 Å². The van der Waals surface area contributed by atoms with E-state index < -0.39 is 0 Å². The Morgan fingerprint density at radius 3 is 2.82 bits per heavy atom. The lowest BCUT2D eigenvalue weighted by Gasteiger charge is -2.45. The summed E-state index contributed by atoms with van der Waals surface area (Å²) in [6.07, 6.45) is 1.49. The number of ether oxygens (including phenoxy) is 1. The Morgan fingerprint density at radius 1 is 1.53 bits per heavy atom. The van der Waals surface area contributed by atoms with Crippen molar-refractivity contribution >= 4 is 5.91 Å². The highest BCUT2D eigenvalue weighted by Crippen LogP contribution is 2.22. The van der Waals surface area contributed by atoms with Gasteiger partial charge in [-0.1, -0.05) is 36.9 Å². The molecule has 0 bridgehead atoms. The zero-order valence-corrected chi connectivity index (χ0v) is 10.0. The van der Waals surface area contributed by atoms with E-state index in [-0.39, 0.29) is 18.1 Å². The average Bonchev–Trinajstić information content (AvgIpc) is 2.37. The van der Waals surface area contributed by atoms with Crippen LogP contribution in [0.15, 0.2) is 43.0 Å². The Morgan fingerprint density at radius 2 is 2.24 bits per heavy atom. The SMILES string of the molecule is C=CC(=O)N1C[C@H](OCc2ccccc2)[C@H]1C. The summed E-state index contributed by atoms with van der Waals surface area (Å²) in [7, 11) is 0. The molecule has 0 radical (unpaired) electrons. The van der Waals surface area contributed by atoms with E-state index in [4.69, 9.17) is 4.74 Å². The van der Waals surface area contributed by atoms with Crippen LogP contribution in [0.3, 0.4) is 0 Å². The fourth-order valence-electron chi connectivity index (χ4n) is 1.95. The molecule has 1 amide bonds. The summed E-state index contributed by atoms with van der Waals surface area (Å²) in [6, 6.07) is 10.2. The molecular formula is C14H17NO2. The maximum Gasteiger partial charge on any atom is 0.246 e. The number of carbonyl (C=O) groups is 1. The molecule has 1 saturated heterocycles. The number of nitrogens with zero attached hydrogens (tertiary/aromatic N) is 1. The van der Waals surface area contributed by atoms with Gasteiger partial charge in [0, 0.05) is 6.54 Å². The third-order valence-corrected chi connectivity index (χ3v) is 3.17. The van der Waals surface area contributed by atoms with E-state index in [1.807, 2.05) is 37.3 Å². The van der Waals surface area contributed by atoms with Gasteiger partial charge in [0.25, 0.3) is 0 Å². The lowest BCUT2D eigenvalue weighted by atomic mass is 10.0. The molecule has 0 aromatic heterocycles. The molecule has 0 unspecified atom stereocenters. The van der Waals surface area contributed by atoms with E-state index in [1.165, 1.54) is 6.08 Å². The predicted octanol–water partition coefficient (Wildman–Crippen LogP) is 1.99. The largest absolute Gasteiger partial charge is 0.370 e. The zero-order chi connectivity index (χ0) is 12.3. The van der Waals surface area contributed by atoms with Crippen LogP contribution < -0.4 is 0 Å². The lowest BCUT2D eigenvalue weighted by Crippen LogP contribution is -2.61. The fourth-order valence-corrected chi connectivity index (χ4v) is 1.95. The first kappa shape index (κ1) is 11.9. The van der Waals surface area contributed by atoms with Gasteiger partial charge in [0.1, 0.15) is 0 Å². The average molecular weight is 231 g/mol. The summed E-state index contributed by atoms with van der Waals surface area (Å²) in [5, 5.41) is 0. The molecule has 0 saturated carbocycles. The minimum Gasteiger partial charge on any atom is -0.370 e. The Balaban J connectivity index is 1.80. The summed E-state index contributed by atoms with van der Waals surface area (Å²) in [5.41, 5.74) is 1.16. The molecule has 0 aliphatic carbocycles. The summed E-state index contributed by atoms with van der Waals surface area (Å²) in [4.78, 5) is 13.1. The Hall–Kier alpha value is -1.61. The highest BCUT2D eigenvalue weighted by atomic mass is 16.5. The van der Waals surface area contributed by atoms with E-state index in [0.717, 1.165) is 5.56 Å². The third-order valence-electron chi connectivity index (χ3n) is 3.17. The van der Waals surface area contributed by atoms with Crippen LogP contribution in [0.4, 0.5) is 0 Å². The molecule has 1 heterocycles. The van der Waals surface area contributed by atoms with Crippen molar-refractivity contribution in [2.45, 2.75) is 25.7 Å². The van der Waals surface area contributed by atoms with E-state index in [0.29, 0.717) is 13.2 Å². The van der Waals surface area contributed by atoms with Gasteiger partial charge >= 0.3 is 0 Å². The molecule has 0 N–H and O–H groups in total. The first-order valence-corrected chi connectivity index (χ1v) is 5.81. The Kier molecular flexibility index (Phi) is 3.59. The maximum absolute atomic E-state index is 11.4. The summed E-state index contributed by atoms with van der Waals surface area (Å²) >= 11 is 0. The van der Waals surface area contributed by atoms with Crippen molar-refractivity contribution in [2.75, 3.05) is 6.54 Å². The number of benzene rings is 1. The number of amides is 1. The fraction of sp³-hybridized carbons (Fsp3) is 0.357. The smallest absolute Gasteiger partial charge is 0.246 e. The van der Waals surface area contributed by atoms with Gasteiger partial charge < -0.3 is 9.64 Å². The molecule has 3 nitrogen and oxygen atoms in total. The predicted molar refractivity (Wildman–Crippen MR) is 66.4 cm³/mol. The van der Waals surface area contributed by atoms with Crippen LogP contribution in [0.1, 0.15) is 12.5 Å². The van der Waals surface area contributed by atoms with Crippen molar-refractivity contribution in [1.82, 2.24) is 4.90 Å². The highest BCUT2D eigenvalue weighted by molar-refractivity contribution is 5.88. The van der Waals surface area contributed by atoms with Crippen LogP contribution in [-0.2, 0) is 16.1 Å². The summed E-state index contributed by atoms with van der Waals surface area (Å²) in [5.74, 6) is -0.0166. The van der Waals surface area contributed by atoms with Crippen LogP contribution in [0.25, 0.3) is 0 Å². The zero-order valence-electron chi connectivity index (χ0n) is 10.0. The number of likely N-dealkylation sites (tertiary alicyclic amines) is 1. The van der Waals surface area contributed by atoms with Gasteiger partial charge in [-0.25, -0.2) is 0 Å². The van der Waals surface area contributed by atoms with Gasteiger partial charge in [-0.15, -0.1) is 0 Å². The normalized spacial score (nSPS) is 23.0. The van der Waals surface area contributed by atoms with E-state index >= 15 is 0 Å². The van der Waals surface area contributed by atoms with Gasteiger partial charge in [-0.3, -0.25) is 4.79 Å². The van der Waals surface area contributed by atoms with Crippen molar-refractivity contribution in [3.05, 3.63) is 48.6 Å². The van der Waals surface area contributed by atoms with Crippen LogP contribution in [0.5, 0.6) is 0 Å². The molecule has 2 rings (SSSR count). The van der Waals surface area contributed by atoms with Crippen molar-refractivity contribution in [3.8, 4) is 0 Å². The van der Waals surface area contributed by atoms with Crippen LogP contribution in [0, 0.1) is 0 Å². The van der Waals surface area contributed by atoms with Crippen molar-refractivity contribution < 1.29 is 9.53 Å². The van der Waals surface area contributed by atoms with Crippen LogP contribution in [0.2, 0.25) is 0 Å². The topological polar surface area (TPSA) is 29.5 Å². The molecule has 2 atom stereocenters. The van der Waals surface area contributed by atoms with Gasteiger partial charge in [-0.2, -0.15) is 0 Å². The molecule has 0 spiro atoms. The molecule has 1 aliphatic heterocycles. The van der Waals surface area contributed by atoms with Gasteiger partial charge in [0.15, 0.2) is 0 Å². The third kappa shape index (κ3) is 2.56. The van der Waals surface area contributed by atoms with Crippen LogP contribution in [-0.4, -0.2) is 29.5 Å². The van der Waals surface area contributed by atoms with Crippen LogP contribution >= 0.6 is 0 Å². The van der Waals surface area contributed by atoms with E-state index in [2.05, 4.69) is 6.58 Å². The highest BCUT2D eigenvalue weighted by Gasteiger charge is 2.38. The molecule has 17 heavy (non-hydrogen) atoms. The molecule has 3 heteroatoms. The molecule has 1 aliphatic rings. The number of hydrogen-bond donors (Lipinski definition) is 0. The van der Waals surface area contributed by atoms with Gasteiger partial charge in [0.05, 0.1) is 18.8 Å². The molecular weight excluding hydrogens is 214 g/mol. The van der Waals surface area contributed by atoms with E-state index in [9.17, 15) is 4.79 Å². The summed E-state index contributed by atoms with van der Waals surface area (Å²) in [6.45, 7) is 6.75. The Bertz CT molecular complexity index is 402. The first-order chi connectivity index (χ1) is 8.22. The quantitative estimate of drug-likeness (QED) is 0.742. The van der Waals surface area contributed by atoms with Gasteiger partial charge in [0.2, 0.25) is 5.91 Å². The summed E-state index contributed by atoms with van der Waals surface area (Å²) < 4.78 is 5.77. The molecule has 90 valence electrons. The van der Waals surface area contributed by atoms with Gasteiger partial charge in [-0.05, 0) is 18.6 Å². The number of carbonyl (C=O) groups excluding carboxylic acids is 1. The monoisotopic (exact) mass is 231 g/mol. The first-order valence-electron chi connectivity index (χ1n) is 5.81. The second-order valence-corrected chi connectivity index (χ2v) is 4.27.